The van der Waals surface area contributed by atoms with Crippen molar-refractivity contribution in [2.45, 2.75) is 47.1 Å². The van der Waals surface area contributed by atoms with Crippen molar-refractivity contribution in [1.82, 2.24) is 15.6 Å². The second kappa shape index (κ2) is 9.53. The predicted molar refractivity (Wildman–Crippen MR) is 123 cm³/mol. The van der Waals surface area contributed by atoms with Crippen LogP contribution in [0.3, 0.4) is 0 Å². The lowest BCUT2D eigenvalue weighted by Crippen LogP contribution is -2.28. The Morgan fingerprint density at radius 3 is 2.70 bits per heavy atom. The van der Waals surface area contributed by atoms with Crippen molar-refractivity contribution in [2.75, 3.05) is 0 Å². The average Bonchev–Trinajstić information content (AvgIpc) is 2.73. The predicted octanol–water partition coefficient (Wildman–Crippen LogP) is 4.52. The van der Waals surface area contributed by atoms with Gasteiger partial charge in [-0.25, -0.2) is 4.99 Å². The molecule has 1 aliphatic heterocycles. The van der Waals surface area contributed by atoms with Crippen molar-refractivity contribution < 1.29 is 4.79 Å². The molecule has 1 amide bonds. The van der Waals surface area contributed by atoms with E-state index in [1.807, 2.05) is 32.2 Å². The first kappa shape index (κ1) is 21.5. The first-order valence-corrected chi connectivity index (χ1v) is 10.5. The van der Waals surface area contributed by atoms with Gasteiger partial charge in [0.15, 0.2) is 0 Å². The van der Waals surface area contributed by atoms with Crippen molar-refractivity contribution in [2.24, 2.45) is 10.9 Å². The number of carbonyl (C=O) groups excluding carboxylic acids is 1. The van der Waals surface area contributed by atoms with E-state index < -0.39 is 0 Å². The minimum atomic E-state index is -0.0346. The number of benzene rings is 1. The van der Waals surface area contributed by atoms with E-state index in [4.69, 9.17) is 4.99 Å². The van der Waals surface area contributed by atoms with Crippen LogP contribution in [-0.4, -0.2) is 16.7 Å². The summed E-state index contributed by atoms with van der Waals surface area (Å²) in [7, 11) is 0. The van der Waals surface area contributed by atoms with Crippen molar-refractivity contribution in [1.29, 1.82) is 0 Å². The Hall–Kier alpha value is -3.21. The Kier molecular flexibility index (Phi) is 6.83. The quantitative estimate of drug-likeness (QED) is 0.716. The highest BCUT2D eigenvalue weighted by Gasteiger charge is 2.16. The average molecular weight is 403 g/mol. The fraction of sp³-hybridized carbons (Fsp3) is 0.320. The highest BCUT2D eigenvalue weighted by atomic mass is 16.1. The number of hydrogen-bond acceptors (Lipinski definition) is 4. The number of amides is 1. The molecule has 2 aromatic rings. The van der Waals surface area contributed by atoms with E-state index >= 15 is 0 Å². The monoisotopic (exact) mass is 402 g/mol. The number of aromatic nitrogens is 1. The lowest BCUT2D eigenvalue weighted by Gasteiger charge is -2.19. The van der Waals surface area contributed by atoms with Crippen LogP contribution in [0.4, 0.5) is 0 Å². The van der Waals surface area contributed by atoms with E-state index in [0.717, 1.165) is 58.0 Å². The molecule has 1 aromatic carbocycles. The van der Waals surface area contributed by atoms with Gasteiger partial charge in [0.05, 0.1) is 5.70 Å². The number of aliphatic imine (C=N–C) groups is 1. The molecule has 0 bridgehead atoms. The summed E-state index contributed by atoms with van der Waals surface area (Å²) in [4.78, 5) is 21.3. The Labute approximate surface area is 179 Å². The van der Waals surface area contributed by atoms with Crippen LogP contribution in [-0.2, 0) is 17.8 Å². The molecule has 0 atom stereocenters. The van der Waals surface area contributed by atoms with Crippen molar-refractivity contribution in [3.05, 3.63) is 82.8 Å². The van der Waals surface area contributed by atoms with Gasteiger partial charge in [0.25, 0.3) is 0 Å². The summed E-state index contributed by atoms with van der Waals surface area (Å²) in [6.45, 7) is 12.6. The standard InChI is InChI=1S/C25H30N4O/c1-6-7-21-11-10-20(15-26-21)23-12-18(5)28-24(29-23)22-13-19(9-8-17(22)4)14-27-25(30)16(2)3/h8-13,15-16H,5-7,14H2,1-4H3,(H,27,30)(H,28,29). The molecule has 0 fully saturated rings. The zero-order valence-electron chi connectivity index (χ0n) is 18.2. The maximum absolute atomic E-state index is 11.9. The van der Waals surface area contributed by atoms with Gasteiger partial charge in [-0.05, 0) is 48.7 Å². The number of allylic oxidation sites excluding steroid dienone is 1. The topological polar surface area (TPSA) is 66.4 Å². The van der Waals surface area contributed by atoms with Crippen LogP contribution in [0.1, 0.15) is 55.1 Å². The molecule has 30 heavy (non-hydrogen) atoms. The Morgan fingerprint density at radius 1 is 1.23 bits per heavy atom. The Morgan fingerprint density at radius 2 is 2.03 bits per heavy atom. The molecule has 3 rings (SSSR count). The van der Waals surface area contributed by atoms with Gasteiger partial charge in [-0.2, -0.15) is 0 Å². The minimum absolute atomic E-state index is 0.0346. The highest BCUT2D eigenvalue weighted by Crippen LogP contribution is 2.23. The fourth-order valence-electron chi connectivity index (χ4n) is 3.22. The lowest BCUT2D eigenvalue weighted by molar-refractivity contribution is -0.124. The van der Waals surface area contributed by atoms with Crippen LogP contribution in [0.15, 0.2) is 59.9 Å². The van der Waals surface area contributed by atoms with Gasteiger partial charge in [0, 0.05) is 41.2 Å². The zero-order chi connectivity index (χ0) is 21.7. The van der Waals surface area contributed by atoms with E-state index in [1.54, 1.807) is 0 Å². The first-order chi connectivity index (χ1) is 14.4. The normalized spacial score (nSPS) is 13.6. The molecule has 5 nitrogen and oxygen atoms in total. The molecule has 0 unspecified atom stereocenters. The summed E-state index contributed by atoms with van der Waals surface area (Å²) >= 11 is 0. The number of nitrogens with one attached hydrogen (secondary N) is 2. The molecule has 0 saturated heterocycles. The van der Waals surface area contributed by atoms with Crippen molar-refractivity contribution in [3.8, 4) is 0 Å². The maximum atomic E-state index is 11.9. The highest BCUT2D eigenvalue weighted by molar-refractivity contribution is 6.05. The summed E-state index contributed by atoms with van der Waals surface area (Å²) in [6, 6.07) is 10.3. The minimum Gasteiger partial charge on any atom is -0.352 e. The first-order valence-electron chi connectivity index (χ1n) is 10.5. The Balaban J connectivity index is 1.87. The molecule has 0 radical (unpaired) electrons. The molecule has 1 aromatic heterocycles. The summed E-state index contributed by atoms with van der Waals surface area (Å²) in [5.74, 6) is 0.764. The number of amidine groups is 1. The third kappa shape index (κ3) is 5.23. The SMILES string of the molecule is C=C1C=C(c2ccc(CCC)nc2)N=C(c2cc(CNC(=O)C(C)C)ccc2C)N1. The molecule has 0 saturated carbocycles. The van der Waals surface area contributed by atoms with Gasteiger partial charge in [-0.1, -0.05) is 45.9 Å². The van der Waals surface area contributed by atoms with Crippen LogP contribution in [0, 0.1) is 12.8 Å². The summed E-state index contributed by atoms with van der Waals surface area (Å²) in [5, 5.41) is 6.26. The molecule has 0 spiro atoms. The fourth-order valence-corrected chi connectivity index (χ4v) is 3.22. The van der Waals surface area contributed by atoms with E-state index in [1.165, 1.54) is 0 Å². The van der Waals surface area contributed by atoms with Gasteiger partial charge in [0.1, 0.15) is 5.84 Å². The molecule has 5 heteroatoms. The number of nitrogens with zero attached hydrogens (tertiary/aromatic N) is 2. The van der Waals surface area contributed by atoms with E-state index in [0.29, 0.717) is 6.54 Å². The van der Waals surface area contributed by atoms with Crippen molar-refractivity contribution in [3.63, 3.8) is 0 Å². The summed E-state index contributed by atoms with van der Waals surface area (Å²) < 4.78 is 0. The summed E-state index contributed by atoms with van der Waals surface area (Å²) in [6.07, 6.45) is 5.86. The van der Waals surface area contributed by atoms with Crippen LogP contribution < -0.4 is 10.6 Å². The van der Waals surface area contributed by atoms with Crippen LogP contribution in [0.25, 0.3) is 5.70 Å². The molecule has 156 valence electrons. The third-order valence-electron chi connectivity index (χ3n) is 5.00. The van der Waals surface area contributed by atoms with E-state index in [-0.39, 0.29) is 11.8 Å². The second-order valence-corrected chi connectivity index (χ2v) is 7.95. The number of hydrogen-bond donors (Lipinski definition) is 2. The second-order valence-electron chi connectivity index (χ2n) is 7.95. The zero-order valence-corrected chi connectivity index (χ0v) is 18.2. The smallest absolute Gasteiger partial charge is 0.222 e. The number of rotatable bonds is 7. The molecular formula is C25H30N4O. The van der Waals surface area contributed by atoms with Crippen LogP contribution in [0.2, 0.25) is 0 Å². The number of carbonyl (C=O) groups is 1. The van der Waals surface area contributed by atoms with Crippen LogP contribution >= 0.6 is 0 Å². The largest absolute Gasteiger partial charge is 0.352 e. The molecular weight excluding hydrogens is 372 g/mol. The number of pyridine rings is 1. The Bertz CT molecular complexity index is 1000. The summed E-state index contributed by atoms with van der Waals surface area (Å²) in [5.41, 5.74) is 6.80. The van der Waals surface area contributed by atoms with Gasteiger partial charge in [-0.15, -0.1) is 0 Å². The molecule has 1 aliphatic rings. The van der Waals surface area contributed by atoms with Crippen molar-refractivity contribution >= 4 is 17.4 Å². The van der Waals surface area contributed by atoms with Gasteiger partial charge in [-0.3, -0.25) is 9.78 Å². The number of aryl methyl sites for hydroxylation is 2. The van der Waals surface area contributed by atoms with E-state index in [9.17, 15) is 4.79 Å². The molecule has 2 N–H and O–H groups in total. The lowest BCUT2D eigenvalue weighted by atomic mass is 10.0. The maximum Gasteiger partial charge on any atom is 0.222 e. The van der Waals surface area contributed by atoms with Gasteiger partial charge >= 0.3 is 0 Å². The van der Waals surface area contributed by atoms with Gasteiger partial charge in [0.2, 0.25) is 5.91 Å². The van der Waals surface area contributed by atoms with Gasteiger partial charge < -0.3 is 10.6 Å². The molecule has 2 heterocycles. The van der Waals surface area contributed by atoms with Crippen LogP contribution in [0.5, 0.6) is 0 Å². The van der Waals surface area contributed by atoms with E-state index in [2.05, 4.69) is 60.3 Å². The molecule has 0 aliphatic carbocycles. The third-order valence-corrected chi connectivity index (χ3v) is 5.00.